The number of carbonyl (C=O) groups excluding carboxylic acids is 1. The Bertz CT molecular complexity index is 711. The van der Waals surface area contributed by atoms with Crippen molar-refractivity contribution in [2.24, 2.45) is 0 Å². The predicted octanol–water partition coefficient (Wildman–Crippen LogP) is 3.28. The Balaban J connectivity index is 1.92. The lowest BCUT2D eigenvalue weighted by Gasteiger charge is -2.11. The second-order valence-corrected chi connectivity index (χ2v) is 6.78. The van der Waals surface area contributed by atoms with Crippen molar-refractivity contribution < 1.29 is 4.79 Å². The zero-order valence-corrected chi connectivity index (χ0v) is 14.4. The molecule has 0 saturated carbocycles. The molecule has 1 amide bonds. The van der Waals surface area contributed by atoms with Crippen LogP contribution in [0.15, 0.2) is 18.2 Å². The molecule has 1 aliphatic rings. The van der Waals surface area contributed by atoms with Crippen LogP contribution in [0.1, 0.15) is 30.7 Å². The third kappa shape index (κ3) is 3.58. The van der Waals surface area contributed by atoms with Crippen LogP contribution in [0.5, 0.6) is 0 Å². The van der Waals surface area contributed by atoms with E-state index in [0.717, 1.165) is 41.4 Å². The van der Waals surface area contributed by atoms with E-state index in [2.05, 4.69) is 26.1 Å². The molecule has 6 heteroatoms. The molecule has 0 aliphatic carbocycles. The first-order valence-corrected chi connectivity index (χ1v) is 9.40. The fourth-order valence-electron chi connectivity index (χ4n) is 2.91. The van der Waals surface area contributed by atoms with Crippen molar-refractivity contribution in [1.82, 2.24) is 14.8 Å². The maximum atomic E-state index is 11.9. The van der Waals surface area contributed by atoms with Gasteiger partial charge in [0.1, 0.15) is 5.82 Å². The standard InChI is InChI=1S/C17H22N4OS/c1-12-7-8-13(10-14(12)18-16(22)11-23-2)17-20-19-15-6-4-3-5-9-21(15)17/h7-8,10H,3-6,9,11H2,1-2H3,(H,18,22). The molecular formula is C17H22N4OS. The first-order valence-electron chi connectivity index (χ1n) is 8.01. The minimum Gasteiger partial charge on any atom is -0.325 e. The van der Waals surface area contributed by atoms with E-state index in [-0.39, 0.29) is 5.91 Å². The molecule has 1 aromatic heterocycles. The van der Waals surface area contributed by atoms with E-state index in [9.17, 15) is 4.79 Å². The molecule has 2 heterocycles. The van der Waals surface area contributed by atoms with Crippen LogP contribution in [-0.2, 0) is 17.8 Å². The first-order chi connectivity index (χ1) is 11.2. The van der Waals surface area contributed by atoms with Gasteiger partial charge in [0.15, 0.2) is 5.82 Å². The lowest BCUT2D eigenvalue weighted by atomic mass is 10.1. The van der Waals surface area contributed by atoms with Gasteiger partial charge in [0, 0.05) is 24.2 Å². The summed E-state index contributed by atoms with van der Waals surface area (Å²) in [4.78, 5) is 11.9. The summed E-state index contributed by atoms with van der Waals surface area (Å²) in [7, 11) is 0. The number of rotatable bonds is 4. The molecule has 3 rings (SSSR count). The van der Waals surface area contributed by atoms with Crippen molar-refractivity contribution in [3.63, 3.8) is 0 Å². The topological polar surface area (TPSA) is 59.8 Å². The quantitative estimate of drug-likeness (QED) is 0.934. The van der Waals surface area contributed by atoms with Crippen LogP contribution in [0.4, 0.5) is 5.69 Å². The Labute approximate surface area is 140 Å². The van der Waals surface area contributed by atoms with Gasteiger partial charge in [-0.3, -0.25) is 4.79 Å². The molecule has 5 nitrogen and oxygen atoms in total. The van der Waals surface area contributed by atoms with E-state index in [0.29, 0.717) is 5.75 Å². The van der Waals surface area contributed by atoms with Crippen molar-refractivity contribution in [3.05, 3.63) is 29.6 Å². The number of nitrogens with zero attached hydrogens (tertiary/aromatic N) is 3. The van der Waals surface area contributed by atoms with Crippen molar-refractivity contribution in [2.75, 3.05) is 17.3 Å². The van der Waals surface area contributed by atoms with Gasteiger partial charge in [0.25, 0.3) is 0 Å². The molecule has 0 spiro atoms. The van der Waals surface area contributed by atoms with Crippen molar-refractivity contribution in [3.8, 4) is 11.4 Å². The van der Waals surface area contributed by atoms with E-state index in [4.69, 9.17) is 0 Å². The smallest absolute Gasteiger partial charge is 0.234 e. The number of fused-ring (bicyclic) bond motifs is 1. The SMILES string of the molecule is CSCC(=O)Nc1cc(-c2nnc3n2CCCCC3)ccc1C. The monoisotopic (exact) mass is 330 g/mol. The van der Waals surface area contributed by atoms with E-state index in [1.165, 1.54) is 31.0 Å². The molecule has 0 radical (unpaired) electrons. The summed E-state index contributed by atoms with van der Waals surface area (Å²) in [6.07, 6.45) is 6.51. The number of benzene rings is 1. The molecule has 0 atom stereocenters. The molecule has 23 heavy (non-hydrogen) atoms. The Kier molecular flexibility index (Phi) is 5.00. The summed E-state index contributed by atoms with van der Waals surface area (Å²) in [5, 5.41) is 11.7. The van der Waals surface area contributed by atoms with Crippen molar-refractivity contribution >= 4 is 23.4 Å². The van der Waals surface area contributed by atoms with Gasteiger partial charge in [-0.25, -0.2) is 0 Å². The lowest BCUT2D eigenvalue weighted by molar-refractivity contribution is -0.113. The van der Waals surface area contributed by atoms with Crippen molar-refractivity contribution in [2.45, 2.75) is 39.2 Å². The third-order valence-corrected chi connectivity index (χ3v) is 4.71. The van der Waals surface area contributed by atoms with Gasteiger partial charge in [-0.2, -0.15) is 11.8 Å². The Hall–Kier alpha value is -1.82. The zero-order valence-electron chi connectivity index (χ0n) is 13.6. The van der Waals surface area contributed by atoms with Gasteiger partial charge in [0.05, 0.1) is 5.75 Å². The normalized spacial score (nSPS) is 14.2. The van der Waals surface area contributed by atoms with Gasteiger partial charge in [0.2, 0.25) is 5.91 Å². The number of anilines is 1. The van der Waals surface area contributed by atoms with E-state index in [1.54, 1.807) is 0 Å². The van der Waals surface area contributed by atoms with E-state index < -0.39 is 0 Å². The molecule has 2 aromatic rings. The maximum absolute atomic E-state index is 11.9. The fourth-order valence-corrected chi connectivity index (χ4v) is 3.25. The number of hydrogen-bond acceptors (Lipinski definition) is 4. The average Bonchev–Trinajstić information content (AvgIpc) is 2.78. The highest BCUT2D eigenvalue weighted by Crippen LogP contribution is 2.27. The molecular weight excluding hydrogens is 308 g/mol. The number of carbonyl (C=O) groups is 1. The highest BCUT2D eigenvalue weighted by atomic mass is 32.2. The fraction of sp³-hybridized carbons (Fsp3) is 0.471. The molecule has 1 aromatic carbocycles. The van der Waals surface area contributed by atoms with Crippen LogP contribution in [0.2, 0.25) is 0 Å². The van der Waals surface area contributed by atoms with E-state index >= 15 is 0 Å². The average molecular weight is 330 g/mol. The molecule has 1 N–H and O–H groups in total. The lowest BCUT2D eigenvalue weighted by Crippen LogP contribution is -2.14. The highest BCUT2D eigenvalue weighted by molar-refractivity contribution is 7.99. The summed E-state index contributed by atoms with van der Waals surface area (Å²) in [5.74, 6) is 2.47. The minimum absolute atomic E-state index is 0.0258. The number of aryl methyl sites for hydroxylation is 2. The minimum atomic E-state index is 0.0258. The molecule has 0 unspecified atom stereocenters. The summed E-state index contributed by atoms with van der Waals surface area (Å²) in [6, 6.07) is 6.10. The van der Waals surface area contributed by atoms with Gasteiger partial charge >= 0.3 is 0 Å². The Morgan fingerprint density at radius 1 is 1.30 bits per heavy atom. The van der Waals surface area contributed by atoms with Gasteiger partial charge in [-0.05, 0) is 37.7 Å². The summed E-state index contributed by atoms with van der Waals surface area (Å²) in [6.45, 7) is 2.97. The first kappa shape index (κ1) is 16.1. The molecule has 0 fully saturated rings. The molecule has 0 bridgehead atoms. The van der Waals surface area contributed by atoms with Crippen LogP contribution >= 0.6 is 11.8 Å². The van der Waals surface area contributed by atoms with Gasteiger partial charge < -0.3 is 9.88 Å². The van der Waals surface area contributed by atoms with Crippen LogP contribution < -0.4 is 5.32 Å². The summed E-state index contributed by atoms with van der Waals surface area (Å²) in [5.41, 5.74) is 2.92. The molecule has 1 aliphatic heterocycles. The Morgan fingerprint density at radius 3 is 3.00 bits per heavy atom. The largest absolute Gasteiger partial charge is 0.325 e. The number of aromatic nitrogens is 3. The molecule has 122 valence electrons. The summed E-state index contributed by atoms with van der Waals surface area (Å²) >= 11 is 1.52. The number of amides is 1. The number of thioether (sulfide) groups is 1. The summed E-state index contributed by atoms with van der Waals surface area (Å²) < 4.78 is 2.23. The van der Waals surface area contributed by atoms with Crippen LogP contribution in [0.25, 0.3) is 11.4 Å². The number of nitrogens with one attached hydrogen (secondary N) is 1. The van der Waals surface area contributed by atoms with Gasteiger partial charge in [-0.15, -0.1) is 10.2 Å². The van der Waals surface area contributed by atoms with Crippen LogP contribution in [0, 0.1) is 6.92 Å². The second kappa shape index (κ2) is 7.17. The maximum Gasteiger partial charge on any atom is 0.234 e. The van der Waals surface area contributed by atoms with Crippen LogP contribution in [0.3, 0.4) is 0 Å². The van der Waals surface area contributed by atoms with Crippen LogP contribution in [-0.4, -0.2) is 32.7 Å². The van der Waals surface area contributed by atoms with Crippen molar-refractivity contribution in [1.29, 1.82) is 0 Å². The third-order valence-electron chi connectivity index (χ3n) is 4.15. The zero-order chi connectivity index (χ0) is 16.2. The Morgan fingerprint density at radius 2 is 2.17 bits per heavy atom. The van der Waals surface area contributed by atoms with Gasteiger partial charge in [-0.1, -0.05) is 18.6 Å². The highest BCUT2D eigenvalue weighted by Gasteiger charge is 2.17. The molecule has 0 saturated heterocycles. The predicted molar refractivity (Wildman–Crippen MR) is 94.8 cm³/mol. The van der Waals surface area contributed by atoms with E-state index in [1.807, 2.05) is 25.3 Å². The second-order valence-electron chi connectivity index (χ2n) is 5.91. The number of hydrogen-bond donors (Lipinski definition) is 1.